The van der Waals surface area contributed by atoms with Gasteiger partial charge in [-0.15, -0.1) is 0 Å². The Labute approximate surface area is 92.9 Å². The van der Waals surface area contributed by atoms with Crippen molar-refractivity contribution in [2.75, 3.05) is 6.54 Å². The van der Waals surface area contributed by atoms with Crippen molar-refractivity contribution in [3.8, 4) is 0 Å². The quantitative estimate of drug-likeness (QED) is 0.749. The molecular formula is C11H16F3NO. The van der Waals surface area contributed by atoms with Crippen LogP contribution in [0.3, 0.4) is 0 Å². The average molecular weight is 235 g/mol. The van der Waals surface area contributed by atoms with Gasteiger partial charge in [0.1, 0.15) is 0 Å². The van der Waals surface area contributed by atoms with Crippen LogP contribution in [-0.4, -0.2) is 18.6 Å². The molecule has 0 saturated heterocycles. The number of nitrogens with one attached hydrogen (secondary N) is 1. The number of hydrogen-bond acceptors (Lipinski definition) is 1. The molecule has 1 aliphatic carbocycles. The van der Waals surface area contributed by atoms with Crippen molar-refractivity contribution < 1.29 is 18.0 Å². The van der Waals surface area contributed by atoms with E-state index in [1.807, 2.05) is 0 Å². The molecule has 0 aromatic carbocycles. The first-order chi connectivity index (χ1) is 7.43. The fourth-order valence-electron chi connectivity index (χ4n) is 2.09. The molecule has 1 N–H and O–H groups in total. The normalized spacial score (nSPS) is 26.2. The van der Waals surface area contributed by atoms with Gasteiger partial charge in [0.15, 0.2) is 0 Å². The summed E-state index contributed by atoms with van der Waals surface area (Å²) in [6.45, 7) is 3.60. The van der Waals surface area contributed by atoms with E-state index in [2.05, 4.69) is 11.9 Å². The Bertz CT molecular complexity index is 262. The Kier molecular flexibility index (Phi) is 4.38. The molecule has 1 saturated carbocycles. The molecule has 1 rings (SSSR count). The highest BCUT2D eigenvalue weighted by molar-refractivity contribution is 5.86. The molecule has 0 radical (unpaired) electrons. The first kappa shape index (κ1) is 13.1. The topological polar surface area (TPSA) is 29.1 Å². The van der Waals surface area contributed by atoms with Crippen LogP contribution in [0.1, 0.15) is 25.7 Å². The molecule has 0 aromatic rings. The molecule has 16 heavy (non-hydrogen) atoms. The van der Waals surface area contributed by atoms with Gasteiger partial charge in [-0.1, -0.05) is 13.0 Å². The van der Waals surface area contributed by atoms with Crippen molar-refractivity contribution in [3.63, 3.8) is 0 Å². The second kappa shape index (κ2) is 5.37. The zero-order chi connectivity index (χ0) is 12.2. The zero-order valence-electron chi connectivity index (χ0n) is 9.02. The molecule has 0 aliphatic heterocycles. The van der Waals surface area contributed by atoms with Crippen LogP contribution in [0.15, 0.2) is 12.7 Å². The van der Waals surface area contributed by atoms with E-state index in [-0.39, 0.29) is 24.7 Å². The number of rotatable bonds is 3. The monoisotopic (exact) mass is 235 g/mol. The van der Waals surface area contributed by atoms with Gasteiger partial charge in [0.2, 0.25) is 5.91 Å². The molecule has 92 valence electrons. The van der Waals surface area contributed by atoms with Gasteiger partial charge in [-0.3, -0.25) is 4.79 Å². The van der Waals surface area contributed by atoms with Crippen molar-refractivity contribution in [1.29, 1.82) is 0 Å². The second-order valence-electron chi connectivity index (χ2n) is 4.22. The summed E-state index contributed by atoms with van der Waals surface area (Å²) in [6, 6.07) is 0. The van der Waals surface area contributed by atoms with E-state index in [4.69, 9.17) is 0 Å². The summed E-state index contributed by atoms with van der Waals surface area (Å²) in [5.41, 5.74) is 0. The lowest BCUT2D eigenvalue weighted by atomic mass is 9.81. The summed E-state index contributed by atoms with van der Waals surface area (Å²) in [7, 11) is 0. The fourth-order valence-corrected chi connectivity index (χ4v) is 2.09. The Morgan fingerprint density at radius 3 is 2.69 bits per heavy atom. The third-order valence-electron chi connectivity index (χ3n) is 3.00. The Morgan fingerprint density at radius 1 is 1.44 bits per heavy atom. The minimum absolute atomic E-state index is 0.0655. The first-order valence-corrected chi connectivity index (χ1v) is 5.40. The van der Waals surface area contributed by atoms with E-state index < -0.39 is 12.1 Å². The van der Waals surface area contributed by atoms with Gasteiger partial charge in [0.25, 0.3) is 0 Å². The highest BCUT2D eigenvalue weighted by Crippen LogP contribution is 2.39. The molecule has 1 amide bonds. The summed E-state index contributed by atoms with van der Waals surface area (Å²) >= 11 is 0. The molecule has 0 bridgehead atoms. The Balaban J connectivity index is 2.39. The third-order valence-corrected chi connectivity index (χ3v) is 3.00. The third kappa shape index (κ3) is 3.87. The minimum atomic E-state index is -4.10. The Hall–Kier alpha value is -1.00. The molecule has 2 atom stereocenters. The van der Waals surface area contributed by atoms with Crippen LogP contribution < -0.4 is 5.32 Å². The standard InChI is InChI=1S/C11H16F3NO/c1-2-10(16)15-7-8-4-3-5-9(6-8)11(12,13)14/h2,8-9H,1,3-7H2,(H,15,16). The van der Waals surface area contributed by atoms with E-state index in [9.17, 15) is 18.0 Å². The molecule has 0 spiro atoms. The maximum Gasteiger partial charge on any atom is 0.391 e. The zero-order valence-corrected chi connectivity index (χ0v) is 9.02. The van der Waals surface area contributed by atoms with Crippen molar-refractivity contribution in [2.45, 2.75) is 31.9 Å². The van der Waals surface area contributed by atoms with Crippen LogP contribution in [0.4, 0.5) is 13.2 Å². The molecular weight excluding hydrogens is 219 g/mol. The van der Waals surface area contributed by atoms with Gasteiger partial charge in [-0.05, 0) is 31.3 Å². The predicted octanol–water partition coefficient (Wildman–Crippen LogP) is 2.66. The van der Waals surface area contributed by atoms with Gasteiger partial charge in [-0.25, -0.2) is 0 Å². The number of amides is 1. The van der Waals surface area contributed by atoms with Gasteiger partial charge in [0.05, 0.1) is 5.92 Å². The molecule has 5 heteroatoms. The average Bonchev–Trinajstić information content (AvgIpc) is 2.25. The van der Waals surface area contributed by atoms with E-state index in [1.54, 1.807) is 0 Å². The molecule has 0 aromatic heterocycles. The van der Waals surface area contributed by atoms with Crippen LogP contribution in [0.5, 0.6) is 0 Å². The summed E-state index contributed by atoms with van der Waals surface area (Å²) in [5, 5.41) is 2.55. The van der Waals surface area contributed by atoms with Gasteiger partial charge in [-0.2, -0.15) is 13.2 Å². The van der Waals surface area contributed by atoms with Gasteiger partial charge >= 0.3 is 6.18 Å². The molecule has 0 heterocycles. The number of carbonyl (C=O) groups is 1. The van der Waals surface area contributed by atoms with Crippen LogP contribution in [-0.2, 0) is 4.79 Å². The van der Waals surface area contributed by atoms with Crippen LogP contribution >= 0.6 is 0 Å². The second-order valence-corrected chi connectivity index (χ2v) is 4.22. The maximum absolute atomic E-state index is 12.5. The minimum Gasteiger partial charge on any atom is -0.352 e. The van der Waals surface area contributed by atoms with Crippen molar-refractivity contribution in [1.82, 2.24) is 5.32 Å². The predicted molar refractivity (Wildman–Crippen MR) is 54.7 cm³/mol. The summed E-state index contributed by atoms with van der Waals surface area (Å²) in [5.74, 6) is -1.59. The van der Waals surface area contributed by atoms with Crippen molar-refractivity contribution in [3.05, 3.63) is 12.7 Å². The summed E-state index contributed by atoms with van der Waals surface area (Å²) < 4.78 is 37.4. The summed E-state index contributed by atoms with van der Waals surface area (Å²) in [4.78, 5) is 10.9. The smallest absolute Gasteiger partial charge is 0.352 e. The highest BCUT2D eigenvalue weighted by Gasteiger charge is 2.41. The summed E-state index contributed by atoms with van der Waals surface area (Å²) in [6.07, 6.45) is -1.29. The SMILES string of the molecule is C=CC(=O)NCC1CCCC(C(F)(F)F)C1. The van der Waals surface area contributed by atoms with Gasteiger partial charge < -0.3 is 5.32 Å². The molecule has 1 aliphatic rings. The van der Waals surface area contributed by atoms with Crippen molar-refractivity contribution >= 4 is 5.91 Å². The maximum atomic E-state index is 12.5. The fraction of sp³-hybridized carbons (Fsp3) is 0.727. The van der Waals surface area contributed by atoms with E-state index in [0.29, 0.717) is 13.0 Å². The van der Waals surface area contributed by atoms with E-state index in [0.717, 1.165) is 12.5 Å². The number of alkyl halides is 3. The molecule has 2 nitrogen and oxygen atoms in total. The van der Waals surface area contributed by atoms with Crippen LogP contribution in [0, 0.1) is 11.8 Å². The van der Waals surface area contributed by atoms with Gasteiger partial charge in [0, 0.05) is 6.54 Å². The van der Waals surface area contributed by atoms with Crippen molar-refractivity contribution in [2.24, 2.45) is 11.8 Å². The highest BCUT2D eigenvalue weighted by atomic mass is 19.4. The van der Waals surface area contributed by atoms with E-state index >= 15 is 0 Å². The lowest BCUT2D eigenvalue weighted by Crippen LogP contribution is -2.34. The lowest BCUT2D eigenvalue weighted by molar-refractivity contribution is -0.185. The van der Waals surface area contributed by atoms with Crippen LogP contribution in [0.2, 0.25) is 0 Å². The van der Waals surface area contributed by atoms with Crippen LogP contribution in [0.25, 0.3) is 0 Å². The molecule has 1 fully saturated rings. The number of hydrogen-bond donors (Lipinski definition) is 1. The lowest BCUT2D eigenvalue weighted by Gasteiger charge is -2.30. The number of carbonyl (C=O) groups excluding carboxylic acids is 1. The first-order valence-electron chi connectivity index (χ1n) is 5.40. The number of halogens is 3. The Morgan fingerprint density at radius 2 is 2.12 bits per heavy atom. The largest absolute Gasteiger partial charge is 0.391 e. The van der Waals surface area contributed by atoms with E-state index in [1.165, 1.54) is 0 Å². The molecule has 2 unspecified atom stereocenters.